The summed E-state index contributed by atoms with van der Waals surface area (Å²) in [5.41, 5.74) is 0. The van der Waals surface area contributed by atoms with Crippen molar-refractivity contribution in [1.29, 1.82) is 0 Å². The first-order chi connectivity index (χ1) is 41.7. The summed E-state index contributed by atoms with van der Waals surface area (Å²) < 4.78 is 14.5. The van der Waals surface area contributed by atoms with Gasteiger partial charge < -0.3 is 25.0 Å². The van der Waals surface area contributed by atoms with Crippen molar-refractivity contribution in [2.45, 2.75) is 316 Å². The molecule has 9 nitrogen and oxygen atoms in total. The predicted molar refractivity (Wildman–Crippen MR) is 373 cm³/mol. The number of carbonyl (C=O) groups excluding carboxylic acids is 1. The van der Waals surface area contributed by atoms with Crippen LogP contribution in [0.25, 0.3) is 0 Å². The zero-order chi connectivity index (χ0) is 61.6. The van der Waals surface area contributed by atoms with E-state index in [1.165, 1.54) is 148 Å². The molecule has 0 aliphatic carbocycles. The summed E-state index contributed by atoms with van der Waals surface area (Å²) >= 11 is 0. The molecule has 0 spiro atoms. The Hall–Kier alpha value is -1.15. The summed E-state index contributed by atoms with van der Waals surface area (Å²) in [5.74, 6) is 2.16. The van der Waals surface area contributed by atoms with Crippen molar-refractivity contribution in [2.24, 2.45) is 0 Å². The largest absolute Gasteiger partial charge is 0.464 e. The fraction of sp³-hybridized carbons (Fsp3) is 0.877. The van der Waals surface area contributed by atoms with Gasteiger partial charge in [0.2, 0.25) is 0 Å². The van der Waals surface area contributed by atoms with Crippen LogP contribution in [0.15, 0.2) is 48.6 Å². The molecule has 0 aromatic carbocycles. The fourth-order valence-corrected chi connectivity index (χ4v) is 13.4. The SMILES string of the molecule is [2H]C(CCCCCCCC)CN(CCCCSSCCN1CCN(CCOC(=O)CCCCN(CC(O)CCCCCC/C=C\C/C=C\CCCCC)CC(O)CCCCCC/C=C\C/C=C\CCCCC)CC1)CC(O)CCCCCCCC. The minimum Gasteiger partial charge on any atom is -0.464 e. The Balaban J connectivity index is 2.38. The Morgan fingerprint density at radius 3 is 1.32 bits per heavy atom. The van der Waals surface area contributed by atoms with Crippen LogP contribution in [0.5, 0.6) is 0 Å². The standard InChI is InChI=1S/C73H140N4O5S2/c1-5-9-13-17-21-24-26-28-30-32-34-36-40-44-52-71(79)68-77(69-72(80)53-45-41-37-35-33-31-29-27-25-22-18-14-10-6-2)57-48-46-54-73(81)82-64-62-74-58-60-75(61-59-74)63-66-84-83-65-50-49-56-76(55-47-42-38-23-19-15-11-7-3)67-70(78)51-43-39-20-16-12-8-4/h21-22,24-25,28-31,70-72,78-80H,5-20,23,26-27,32-69H2,1-4H3/b24-21-,25-22-,30-28-,31-29-/i47D. The van der Waals surface area contributed by atoms with Crippen molar-refractivity contribution in [3.63, 3.8) is 0 Å². The third kappa shape index (κ3) is 57.3. The van der Waals surface area contributed by atoms with Gasteiger partial charge in [-0.25, -0.2) is 0 Å². The minimum atomic E-state index is -0.408. The number of carbonyl (C=O) groups is 1. The quantitative estimate of drug-likeness (QED) is 0.0235. The van der Waals surface area contributed by atoms with Crippen LogP contribution >= 0.6 is 21.6 Å². The molecule has 494 valence electrons. The fourth-order valence-electron chi connectivity index (χ4n) is 11.2. The maximum absolute atomic E-state index is 12.8. The molecule has 1 fully saturated rings. The van der Waals surface area contributed by atoms with Crippen LogP contribution < -0.4 is 0 Å². The van der Waals surface area contributed by atoms with Gasteiger partial charge in [0.15, 0.2) is 0 Å². The number of esters is 1. The van der Waals surface area contributed by atoms with Crippen LogP contribution in [-0.2, 0) is 9.53 Å². The number of nitrogens with zero attached hydrogens (tertiary/aromatic N) is 4. The van der Waals surface area contributed by atoms with Gasteiger partial charge >= 0.3 is 5.97 Å². The third-order valence-electron chi connectivity index (χ3n) is 16.7. The lowest BCUT2D eigenvalue weighted by Crippen LogP contribution is -2.47. The Morgan fingerprint density at radius 1 is 0.440 bits per heavy atom. The van der Waals surface area contributed by atoms with Crippen molar-refractivity contribution in [1.82, 2.24) is 19.6 Å². The van der Waals surface area contributed by atoms with Crippen molar-refractivity contribution in [3.8, 4) is 0 Å². The normalized spacial score (nSPS) is 15.5. The highest BCUT2D eigenvalue weighted by Crippen LogP contribution is 2.23. The van der Waals surface area contributed by atoms with E-state index in [9.17, 15) is 20.1 Å². The summed E-state index contributed by atoms with van der Waals surface area (Å²) in [4.78, 5) is 22.5. The average molecular weight is 1220 g/mol. The van der Waals surface area contributed by atoms with Gasteiger partial charge in [-0.3, -0.25) is 19.5 Å². The maximum atomic E-state index is 12.8. The summed E-state index contributed by atoms with van der Waals surface area (Å²) in [6, 6.07) is 0. The van der Waals surface area contributed by atoms with E-state index >= 15 is 0 Å². The lowest BCUT2D eigenvalue weighted by Gasteiger charge is -2.34. The first-order valence-electron chi connectivity index (χ1n) is 36.6. The highest BCUT2D eigenvalue weighted by Gasteiger charge is 2.19. The van der Waals surface area contributed by atoms with Crippen LogP contribution in [0.4, 0.5) is 0 Å². The molecule has 3 N–H and O–H groups in total. The monoisotopic (exact) mass is 1220 g/mol. The Kier molecular flexibility index (Phi) is 60.9. The molecule has 0 aromatic heterocycles. The molecule has 84 heavy (non-hydrogen) atoms. The number of hydrogen-bond donors (Lipinski definition) is 3. The molecule has 1 rings (SSSR count). The maximum Gasteiger partial charge on any atom is 0.305 e. The Morgan fingerprint density at radius 2 is 0.821 bits per heavy atom. The van der Waals surface area contributed by atoms with Crippen molar-refractivity contribution in [2.75, 3.05) is 96.6 Å². The molecule has 1 aliphatic heterocycles. The number of unbranched alkanes of at least 4 members (excludes halogenated alkanes) is 26. The molecule has 1 aliphatic rings. The highest BCUT2D eigenvalue weighted by atomic mass is 33.1. The van der Waals surface area contributed by atoms with Gasteiger partial charge in [0.25, 0.3) is 0 Å². The molecule has 0 bridgehead atoms. The van der Waals surface area contributed by atoms with E-state index in [-0.39, 0.29) is 18.5 Å². The van der Waals surface area contributed by atoms with Gasteiger partial charge in [-0.15, -0.1) is 0 Å². The van der Waals surface area contributed by atoms with Gasteiger partial charge in [-0.05, 0) is 135 Å². The van der Waals surface area contributed by atoms with Crippen LogP contribution in [0, 0.1) is 0 Å². The van der Waals surface area contributed by atoms with E-state index in [4.69, 9.17) is 6.11 Å². The second-order valence-corrected chi connectivity index (χ2v) is 27.6. The van der Waals surface area contributed by atoms with Gasteiger partial charge in [0.05, 0.1) is 18.3 Å². The molecule has 4 atom stereocenters. The van der Waals surface area contributed by atoms with E-state index in [0.29, 0.717) is 26.1 Å². The second-order valence-electron chi connectivity index (χ2n) is 24.9. The van der Waals surface area contributed by atoms with E-state index in [2.05, 4.69) is 95.9 Å². The number of aliphatic hydroxyl groups excluding tert-OH is 3. The molecular weight excluding hydrogens is 1080 g/mol. The molecule has 1 heterocycles. The van der Waals surface area contributed by atoms with E-state index in [0.717, 1.165) is 186 Å². The average Bonchev–Trinajstić information content (AvgIpc) is 3.55. The van der Waals surface area contributed by atoms with Crippen molar-refractivity contribution >= 4 is 27.6 Å². The van der Waals surface area contributed by atoms with Crippen molar-refractivity contribution in [3.05, 3.63) is 48.6 Å². The van der Waals surface area contributed by atoms with Crippen LogP contribution in [0.1, 0.15) is 299 Å². The molecular formula is C73H140N4O5S2. The van der Waals surface area contributed by atoms with Gasteiger partial charge in [0.1, 0.15) is 6.61 Å². The summed E-state index contributed by atoms with van der Waals surface area (Å²) in [5, 5.41) is 33.2. The number of hydrogen-bond acceptors (Lipinski definition) is 11. The summed E-state index contributed by atoms with van der Waals surface area (Å²) in [6.07, 6.45) is 63.8. The first kappa shape index (κ1) is 78.9. The lowest BCUT2D eigenvalue weighted by atomic mass is 10.1. The number of piperazine rings is 1. The van der Waals surface area contributed by atoms with E-state index in [1.54, 1.807) is 0 Å². The van der Waals surface area contributed by atoms with Crippen LogP contribution in [-0.4, -0.2) is 156 Å². The Bertz CT molecular complexity index is 1440. The first-order valence-corrected chi connectivity index (χ1v) is 38.5. The Labute approximate surface area is 531 Å². The van der Waals surface area contributed by atoms with Crippen LogP contribution in [0.3, 0.4) is 0 Å². The molecule has 1 saturated heterocycles. The molecule has 0 amide bonds. The molecule has 11 heteroatoms. The zero-order valence-corrected chi connectivity index (χ0v) is 57.4. The lowest BCUT2D eigenvalue weighted by molar-refractivity contribution is -0.144. The minimum absolute atomic E-state index is 0.0570. The van der Waals surface area contributed by atoms with Crippen LogP contribution in [0.2, 0.25) is 0 Å². The second kappa shape index (κ2) is 64.8. The number of allylic oxidation sites excluding steroid dienone is 8. The number of aliphatic hydroxyl groups is 3. The number of ether oxygens (including phenoxy) is 1. The van der Waals surface area contributed by atoms with E-state index in [1.807, 2.05) is 21.6 Å². The van der Waals surface area contributed by atoms with Crippen molar-refractivity contribution < 1.29 is 26.2 Å². The topological polar surface area (TPSA) is 100.0 Å². The highest BCUT2D eigenvalue weighted by molar-refractivity contribution is 8.76. The molecule has 4 unspecified atom stereocenters. The van der Waals surface area contributed by atoms with Gasteiger partial charge in [-0.1, -0.05) is 246 Å². The summed E-state index contributed by atoms with van der Waals surface area (Å²) in [7, 11) is 4.00. The summed E-state index contributed by atoms with van der Waals surface area (Å²) in [6.45, 7) is 19.9. The third-order valence-corrected chi connectivity index (χ3v) is 19.2. The van der Waals surface area contributed by atoms with Gasteiger partial charge in [-0.2, -0.15) is 0 Å². The smallest absolute Gasteiger partial charge is 0.305 e. The molecule has 0 saturated carbocycles. The predicted octanol–water partition coefficient (Wildman–Crippen LogP) is 18.9. The van der Waals surface area contributed by atoms with E-state index < -0.39 is 12.2 Å². The zero-order valence-electron chi connectivity index (χ0n) is 56.8. The van der Waals surface area contributed by atoms with Gasteiger partial charge in [0, 0.05) is 78.2 Å². The molecule has 0 aromatic rings. The number of rotatable bonds is 65. The molecule has 0 radical (unpaired) electrons.